The van der Waals surface area contributed by atoms with E-state index in [1.54, 1.807) is 51.4 Å². The molecule has 0 radical (unpaired) electrons. The normalized spacial score (nSPS) is 21.0. The highest BCUT2D eigenvalue weighted by atomic mass is 35.5. The highest BCUT2D eigenvalue weighted by molar-refractivity contribution is 7.90. The molecular weight excluding hydrogens is 2080 g/mol. The number of aromatic carboxylic acids is 1. The molecule has 34 nitrogen and oxygen atoms in total. The lowest BCUT2D eigenvalue weighted by molar-refractivity contribution is -0.0141. The second-order valence-corrected chi connectivity index (χ2v) is 52.1. The Balaban J connectivity index is 0.000000163. The van der Waals surface area contributed by atoms with Crippen molar-refractivity contribution in [2.45, 2.75) is 285 Å². The first-order chi connectivity index (χ1) is 69.1. The van der Waals surface area contributed by atoms with E-state index >= 15 is 8.78 Å². The minimum absolute atomic E-state index is 0.0190. The van der Waals surface area contributed by atoms with E-state index < -0.39 is 147 Å². The van der Waals surface area contributed by atoms with E-state index in [1.165, 1.54) is 138 Å². The van der Waals surface area contributed by atoms with Crippen molar-refractivity contribution in [1.82, 2.24) is 59.1 Å². The van der Waals surface area contributed by atoms with Gasteiger partial charge in [-0.05, 0) is 309 Å². The summed E-state index contributed by atoms with van der Waals surface area (Å²) in [5.41, 5.74) is 6.57. The Labute approximate surface area is 873 Å². The van der Waals surface area contributed by atoms with Gasteiger partial charge in [-0.1, -0.05) is 89.0 Å². The number of carbonyl (C=O) groups excluding carboxylic acids is 2. The van der Waals surface area contributed by atoms with Crippen LogP contribution in [0.1, 0.15) is 251 Å². The number of halogens is 11. The van der Waals surface area contributed by atoms with Gasteiger partial charge in [-0.15, -0.1) is 10.2 Å². The number of likely N-dealkylation sites (tertiary alicyclic amines) is 1. The van der Waals surface area contributed by atoms with Crippen molar-refractivity contribution >= 4 is 98.7 Å². The third-order valence-electron chi connectivity index (χ3n) is 29.9. The summed E-state index contributed by atoms with van der Waals surface area (Å²) < 4.78 is 239. The molecule has 18 rings (SSSR count). The lowest BCUT2D eigenvalue weighted by Crippen LogP contribution is -2.45. The van der Waals surface area contributed by atoms with Crippen molar-refractivity contribution < 1.29 is 107 Å². The van der Waals surface area contributed by atoms with Gasteiger partial charge < -0.3 is 45.9 Å². The molecule has 9 aliphatic carbocycles. The van der Waals surface area contributed by atoms with E-state index in [-0.39, 0.29) is 109 Å². The quantitative estimate of drug-likeness (QED) is 0.0132. The van der Waals surface area contributed by atoms with E-state index in [9.17, 15) is 78.8 Å². The Morgan fingerprint density at radius 2 is 0.805 bits per heavy atom. The summed E-state index contributed by atoms with van der Waals surface area (Å²) in [4.78, 5) is 61.0. The van der Waals surface area contributed by atoms with Crippen molar-refractivity contribution in [3.8, 4) is 23.4 Å². The Morgan fingerprint density at radius 3 is 1.13 bits per heavy atom. The highest BCUT2D eigenvalue weighted by Gasteiger charge is 2.86. The fraction of sp³-hybridized carbons (Fsp3) is 0.610. The number of rotatable bonds is 35. The molecular formula is C100H134Cl2F9N19O15S4. The van der Waals surface area contributed by atoms with Crippen LogP contribution in [0, 0.1) is 79.4 Å². The molecule has 4 unspecified atom stereocenters. The van der Waals surface area contributed by atoms with Crippen molar-refractivity contribution in [2.75, 3.05) is 61.9 Å². The number of nitrogens with one attached hydrogen (secondary N) is 4. The van der Waals surface area contributed by atoms with Crippen molar-refractivity contribution in [1.29, 1.82) is 0 Å². The van der Waals surface area contributed by atoms with Gasteiger partial charge in [0, 0.05) is 62.3 Å². The average Bonchev–Trinajstić information content (AvgIpc) is 1.45. The number of fused-ring (bicyclic) bond motifs is 2. The maximum Gasteiger partial charge on any atom is 0.410 e. The lowest BCUT2D eigenvalue weighted by atomic mass is 9.89. The predicted molar refractivity (Wildman–Crippen MR) is 541 cm³/mol. The van der Waals surface area contributed by atoms with Gasteiger partial charge in [0.15, 0.2) is 31.7 Å². The minimum Gasteiger partial charge on any atom is -0.478 e. The van der Waals surface area contributed by atoms with E-state index in [0.29, 0.717) is 64.7 Å². The topological polar surface area (TPSA) is 504 Å². The summed E-state index contributed by atoms with van der Waals surface area (Å²) >= 11 is 12.2. The summed E-state index contributed by atoms with van der Waals surface area (Å²) in [5.74, 6) is -11.5. The van der Waals surface area contributed by atoms with Crippen LogP contribution in [-0.4, -0.2) is 192 Å². The summed E-state index contributed by atoms with van der Waals surface area (Å²) in [6.45, 7) is 20.5. The van der Waals surface area contributed by atoms with Crippen LogP contribution >= 0.6 is 23.2 Å². The summed E-state index contributed by atoms with van der Waals surface area (Å²) in [6, 6.07) is 24.6. The molecule has 9 heterocycles. The standard InChI is InChI=1S/C37H46ClF2N7O6S.C18H18ClN3O3.2C15H23F2N3O2S.C10H19F2N.C5H5FN2O2S/c1-33(2,3)53-32(49)46-21-23(19-34(46,4)5)20-37(39,40)22-41-26-7-6-8-29(42-26)54(50,51)45-31(48)24-9-10-27(43-30(24)38)47-17-11-28(44-47)52-18-12-25-35(13-14-35)36(25)15-16-36;19-15-11(16(23)24)1-2-13(20-15)22-9-3-14(21-22)25-10-4-12-17(5-6-17)18(12)7-8-18;2*1-14(2)7-6-11(8-14)9-15(16,17)10-19-12-4-3-5-13(20-12)23(18,21)22;1-9(2)4-3-8(5-9)6-10(11,12)7-13;6-4-2-1-3-5(8-4)11(7,9)10/h6-11,17,23,25H,12-16,18-22H2,1-5H3,(H,41,42)(H,45,48);1-3,9,12H,4-8,10H2,(H,23,24);2*3-5,11H,6-10H2,1-2H3,(H,19,20)(H2,18,21,22);8H,3-7,13H2,1-2H3;1-3H,(H2,7,9,10). The first kappa shape index (κ1) is 116. The van der Waals surface area contributed by atoms with Crippen molar-refractivity contribution in [3.63, 3.8) is 0 Å². The van der Waals surface area contributed by atoms with E-state index in [4.69, 9.17) is 58.5 Å². The Morgan fingerprint density at radius 1 is 0.456 bits per heavy atom. The average molecular weight is 2210 g/mol. The third kappa shape index (κ3) is 31.0. The molecule has 4 spiro atoms. The number of carboxylic acid groups (broad SMARTS) is 1. The number of nitrogens with zero attached hydrogens (tertiary/aromatic N) is 11. The summed E-state index contributed by atoms with van der Waals surface area (Å²) in [5, 5.41) is 37.9. The number of alkyl halides is 8. The molecule has 8 aromatic rings. The second kappa shape index (κ2) is 44.3. The number of hydrogen-bond donors (Lipinski definition) is 9. The number of primary sulfonamides is 3. The van der Waals surface area contributed by atoms with E-state index in [0.717, 1.165) is 101 Å². The molecule has 9 saturated carbocycles. The number of amides is 2. The van der Waals surface area contributed by atoms with E-state index in [1.807, 2.05) is 18.6 Å². The van der Waals surface area contributed by atoms with Crippen LogP contribution in [0.3, 0.4) is 0 Å². The molecule has 13 N–H and O–H groups in total. The number of hydrogen-bond acceptors (Lipinski definition) is 26. The zero-order valence-corrected chi connectivity index (χ0v) is 89.9. The molecule has 49 heteroatoms. The van der Waals surface area contributed by atoms with Crippen LogP contribution in [0.4, 0.5) is 61.8 Å². The fourth-order valence-electron chi connectivity index (χ4n) is 22.6. The first-order valence-electron chi connectivity index (χ1n) is 49.6. The maximum atomic E-state index is 15.2. The van der Waals surface area contributed by atoms with Gasteiger partial charge in [0.25, 0.3) is 69.7 Å². The number of sulfonamides is 4. The molecule has 149 heavy (non-hydrogen) atoms. The van der Waals surface area contributed by atoms with Crippen LogP contribution in [0.5, 0.6) is 11.8 Å². The fourth-order valence-corrected chi connectivity index (χ4v) is 25.5. The van der Waals surface area contributed by atoms with Gasteiger partial charge >= 0.3 is 12.1 Å². The largest absolute Gasteiger partial charge is 0.478 e. The number of anilines is 3. The zero-order valence-electron chi connectivity index (χ0n) is 85.1. The minimum atomic E-state index is -4.54. The van der Waals surface area contributed by atoms with Crippen molar-refractivity contribution in [2.24, 2.45) is 94.6 Å². The molecule has 2 amide bonds. The molecule has 4 atom stereocenters. The van der Waals surface area contributed by atoms with Crippen LogP contribution in [0.15, 0.2) is 142 Å². The number of ether oxygens (including phenoxy) is 3. The monoisotopic (exact) mass is 2210 g/mol. The number of nitrogens with two attached hydrogens (primary N) is 4. The van der Waals surface area contributed by atoms with Crippen LogP contribution in [0.2, 0.25) is 10.3 Å². The summed E-state index contributed by atoms with van der Waals surface area (Å²) in [7, 11) is -16.3. The molecule has 1 saturated heterocycles. The molecule has 820 valence electrons. The number of aromatic nitrogens is 10. The predicted octanol–water partition coefficient (Wildman–Crippen LogP) is 19.1. The van der Waals surface area contributed by atoms with Crippen molar-refractivity contribution in [3.05, 3.63) is 149 Å². The van der Waals surface area contributed by atoms with Gasteiger partial charge in [0.05, 0.1) is 50.5 Å². The molecule has 8 aromatic heterocycles. The Kier molecular flexibility index (Phi) is 34.6. The van der Waals surface area contributed by atoms with Crippen LogP contribution in [0.25, 0.3) is 11.6 Å². The number of carbonyl (C=O) groups is 3. The smallest absolute Gasteiger partial charge is 0.410 e. The van der Waals surface area contributed by atoms with Gasteiger partial charge in [-0.3, -0.25) is 4.79 Å². The molecule has 10 aliphatic rings. The lowest BCUT2D eigenvalue weighted by Gasteiger charge is -2.33. The maximum absolute atomic E-state index is 15.2. The number of carboxylic acids is 1. The van der Waals surface area contributed by atoms with Gasteiger partial charge in [0.2, 0.25) is 17.7 Å². The van der Waals surface area contributed by atoms with Gasteiger partial charge in [0.1, 0.15) is 33.4 Å². The molecule has 0 bridgehead atoms. The third-order valence-corrected chi connectivity index (χ3v) is 34.2. The molecule has 1 aliphatic heterocycles. The second-order valence-electron chi connectivity index (χ2n) is 45.3. The van der Waals surface area contributed by atoms with Gasteiger partial charge in [-0.25, -0.2) is 129 Å². The Bertz CT molecular complexity index is 6480. The zero-order chi connectivity index (χ0) is 109. The van der Waals surface area contributed by atoms with Gasteiger partial charge in [-0.2, -0.15) is 12.8 Å². The highest BCUT2D eigenvalue weighted by Crippen LogP contribution is 2.94. The van der Waals surface area contributed by atoms with Crippen LogP contribution in [-0.2, 0) is 44.8 Å². The molecule has 0 aromatic carbocycles. The summed E-state index contributed by atoms with van der Waals surface area (Å²) in [6.07, 6.45) is 23.7. The molecule has 10 fully saturated rings. The van der Waals surface area contributed by atoms with Crippen LogP contribution < -0.4 is 51.3 Å². The van der Waals surface area contributed by atoms with E-state index in [2.05, 4.69) is 103 Å². The Hall–Kier alpha value is -9.88. The first-order valence-corrected chi connectivity index (χ1v) is 56.5. The SMILES string of the molecule is CC(C)(C)OC(=O)N1CC(CC(F)(F)CNc2cccc(S(=O)(=O)NC(=O)c3ccc(-n4ccc(OCCC5C6(CC6)C56CC6)n4)nc3Cl)n2)CC1(C)C.CC1(C)CCC(CC(F)(F)CN)C1.CC1(C)CCC(CC(F)(F)CNc2cccc(S(N)(=O)=O)n2)C1.CC1(C)CCC(CC(F)(F)CNc2cccc(S(N)(=O)=O)n2)C1.NS(=O)(=O)c1cccc(F)n1.O=C(O)c1ccc(-n2ccc(OCCC3C4(CC4)C34CC4)n2)nc1Cl. The number of pyridine rings is 6.